The van der Waals surface area contributed by atoms with Gasteiger partial charge in [-0.1, -0.05) is 12.1 Å². The molecule has 1 heterocycles. The molecular weight excluding hydrogens is 227 g/mol. The van der Waals surface area contributed by atoms with Crippen molar-refractivity contribution in [2.75, 3.05) is 26.2 Å². The fourth-order valence-corrected chi connectivity index (χ4v) is 2.51. The van der Waals surface area contributed by atoms with Crippen LogP contribution in [0.2, 0.25) is 0 Å². The topological polar surface area (TPSA) is 6.48 Å². The van der Waals surface area contributed by atoms with Crippen LogP contribution in [0.5, 0.6) is 0 Å². The molecule has 0 aromatic heterocycles. The highest BCUT2D eigenvalue weighted by Gasteiger charge is 2.16. The third-order valence-corrected chi connectivity index (χ3v) is 3.67. The van der Waals surface area contributed by atoms with Crippen molar-refractivity contribution >= 4 is 0 Å². The molecule has 0 amide bonds. The first kappa shape index (κ1) is 13.5. The van der Waals surface area contributed by atoms with Crippen molar-refractivity contribution in [1.82, 2.24) is 9.80 Å². The third-order valence-electron chi connectivity index (χ3n) is 3.67. The molecule has 1 aliphatic heterocycles. The molecule has 1 saturated heterocycles. The number of rotatable bonds is 3. The summed E-state index contributed by atoms with van der Waals surface area (Å²) in [6.07, 6.45) is 1.22. The summed E-state index contributed by atoms with van der Waals surface area (Å²) in [7, 11) is 0. The van der Waals surface area contributed by atoms with Gasteiger partial charge in [-0.2, -0.15) is 0 Å². The zero-order chi connectivity index (χ0) is 13.0. The minimum atomic E-state index is -0.152. The molecule has 0 bridgehead atoms. The van der Waals surface area contributed by atoms with Crippen LogP contribution >= 0.6 is 0 Å². The number of hydrogen-bond donors (Lipinski definition) is 0. The van der Waals surface area contributed by atoms with Crippen LogP contribution in [0, 0.1) is 5.82 Å². The van der Waals surface area contributed by atoms with Gasteiger partial charge in [0.25, 0.3) is 0 Å². The van der Waals surface area contributed by atoms with Crippen LogP contribution in [-0.2, 0) is 6.54 Å². The van der Waals surface area contributed by atoms with Gasteiger partial charge in [0.05, 0.1) is 0 Å². The molecular formula is C15H23FN2. The molecule has 2 rings (SSSR count). The molecule has 1 aromatic rings. The van der Waals surface area contributed by atoms with Crippen LogP contribution < -0.4 is 0 Å². The lowest BCUT2D eigenvalue weighted by molar-refractivity contribution is 0.218. The Morgan fingerprint density at radius 3 is 2.44 bits per heavy atom. The summed E-state index contributed by atoms with van der Waals surface area (Å²) >= 11 is 0. The average molecular weight is 250 g/mol. The normalized spacial score (nSPS) is 19.1. The van der Waals surface area contributed by atoms with Gasteiger partial charge in [0.1, 0.15) is 5.82 Å². The maximum atomic E-state index is 12.9. The first-order valence-electron chi connectivity index (χ1n) is 6.86. The smallest absolute Gasteiger partial charge is 0.123 e. The van der Waals surface area contributed by atoms with E-state index in [2.05, 4.69) is 23.6 Å². The Kier molecular flexibility index (Phi) is 4.72. The van der Waals surface area contributed by atoms with E-state index in [4.69, 9.17) is 0 Å². The van der Waals surface area contributed by atoms with E-state index in [9.17, 15) is 4.39 Å². The molecule has 1 aliphatic rings. The van der Waals surface area contributed by atoms with Crippen molar-refractivity contribution in [2.24, 2.45) is 0 Å². The number of benzene rings is 1. The third kappa shape index (κ3) is 3.79. The summed E-state index contributed by atoms with van der Waals surface area (Å²) < 4.78 is 12.9. The Hall–Kier alpha value is -0.930. The van der Waals surface area contributed by atoms with Crippen LogP contribution in [-0.4, -0.2) is 42.0 Å². The Balaban J connectivity index is 1.88. The van der Waals surface area contributed by atoms with E-state index in [1.807, 2.05) is 12.1 Å². The molecule has 0 aliphatic carbocycles. The molecule has 0 atom stereocenters. The molecule has 3 heteroatoms. The van der Waals surface area contributed by atoms with Gasteiger partial charge in [-0.05, 0) is 51.1 Å². The lowest BCUT2D eigenvalue weighted by Crippen LogP contribution is -2.34. The SMILES string of the molecule is CC(C)N1CCCN(Cc2ccc(F)cc2)CC1. The van der Waals surface area contributed by atoms with E-state index >= 15 is 0 Å². The summed E-state index contributed by atoms with van der Waals surface area (Å²) in [5, 5.41) is 0. The van der Waals surface area contributed by atoms with Gasteiger partial charge in [0, 0.05) is 25.7 Å². The first-order valence-corrected chi connectivity index (χ1v) is 6.86. The van der Waals surface area contributed by atoms with Crippen molar-refractivity contribution in [3.8, 4) is 0 Å². The summed E-state index contributed by atoms with van der Waals surface area (Å²) in [4.78, 5) is 5.00. The van der Waals surface area contributed by atoms with Crippen molar-refractivity contribution in [1.29, 1.82) is 0 Å². The fourth-order valence-electron chi connectivity index (χ4n) is 2.51. The number of halogens is 1. The Morgan fingerprint density at radius 1 is 1.06 bits per heavy atom. The van der Waals surface area contributed by atoms with Gasteiger partial charge >= 0.3 is 0 Å². The highest BCUT2D eigenvalue weighted by molar-refractivity contribution is 5.15. The molecule has 1 aromatic carbocycles. The molecule has 0 radical (unpaired) electrons. The molecule has 0 N–H and O–H groups in total. The maximum Gasteiger partial charge on any atom is 0.123 e. The van der Waals surface area contributed by atoms with Gasteiger partial charge in [0.15, 0.2) is 0 Å². The Morgan fingerprint density at radius 2 is 1.78 bits per heavy atom. The largest absolute Gasteiger partial charge is 0.300 e. The van der Waals surface area contributed by atoms with Crippen molar-refractivity contribution < 1.29 is 4.39 Å². The summed E-state index contributed by atoms with van der Waals surface area (Å²) in [5.41, 5.74) is 1.20. The van der Waals surface area contributed by atoms with Crippen molar-refractivity contribution in [2.45, 2.75) is 32.9 Å². The van der Waals surface area contributed by atoms with Crippen LogP contribution in [0.4, 0.5) is 4.39 Å². The van der Waals surface area contributed by atoms with Gasteiger partial charge in [0.2, 0.25) is 0 Å². The van der Waals surface area contributed by atoms with Crippen LogP contribution in [0.25, 0.3) is 0 Å². The summed E-state index contributed by atoms with van der Waals surface area (Å²) in [6, 6.07) is 7.51. The van der Waals surface area contributed by atoms with Gasteiger partial charge in [-0.3, -0.25) is 9.80 Å². The minimum absolute atomic E-state index is 0.152. The molecule has 18 heavy (non-hydrogen) atoms. The summed E-state index contributed by atoms with van der Waals surface area (Å²) in [5.74, 6) is -0.152. The van der Waals surface area contributed by atoms with E-state index in [-0.39, 0.29) is 5.82 Å². The number of hydrogen-bond acceptors (Lipinski definition) is 2. The second-order valence-electron chi connectivity index (χ2n) is 5.39. The maximum absolute atomic E-state index is 12.9. The lowest BCUT2D eigenvalue weighted by Gasteiger charge is -2.24. The molecule has 0 saturated carbocycles. The first-order chi connectivity index (χ1) is 8.65. The van der Waals surface area contributed by atoms with Gasteiger partial charge in [-0.25, -0.2) is 4.39 Å². The van der Waals surface area contributed by atoms with Gasteiger partial charge in [-0.15, -0.1) is 0 Å². The zero-order valence-electron chi connectivity index (χ0n) is 11.4. The quantitative estimate of drug-likeness (QED) is 0.814. The monoisotopic (exact) mass is 250 g/mol. The van der Waals surface area contributed by atoms with E-state index in [1.165, 1.54) is 18.5 Å². The van der Waals surface area contributed by atoms with Gasteiger partial charge < -0.3 is 0 Å². The molecule has 2 nitrogen and oxygen atoms in total. The predicted octanol–water partition coefficient (Wildman–Crippen LogP) is 2.74. The Bertz CT molecular complexity index is 361. The Labute approximate surface area is 109 Å². The molecule has 1 fully saturated rings. The number of nitrogens with zero attached hydrogens (tertiary/aromatic N) is 2. The molecule has 0 spiro atoms. The zero-order valence-corrected chi connectivity index (χ0v) is 11.4. The van der Waals surface area contributed by atoms with E-state index in [1.54, 1.807) is 12.1 Å². The second kappa shape index (κ2) is 6.30. The highest BCUT2D eigenvalue weighted by Crippen LogP contribution is 2.11. The average Bonchev–Trinajstić information content (AvgIpc) is 2.58. The highest BCUT2D eigenvalue weighted by atomic mass is 19.1. The standard InChI is InChI=1S/C15H23FN2/c1-13(2)18-9-3-8-17(10-11-18)12-14-4-6-15(16)7-5-14/h4-7,13H,3,8-12H2,1-2H3. The van der Waals surface area contributed by atoms with E-state index < -0.39 is 0 Å². The van der Waals surface area contributed by atoms with Crippen LogP contribution in [0.3, 0.4) is 0 Å². The molecule has 0 unspecified atom stereocenters. The summed E-state index contributed by atoms with van der Waals surface area (Å²) in [6.45, 7) is 10.0. The van der Waals surface area contributed by atoms with Crippen molar-refractivity contribution in [3.63, 3.8) is 0 Å². The minimum Gasteiger partial charge on any atom is -0.300 e. The second-order valence-corrected chi connectivity index (χ2v) is 5.39. The van der Waals surface area contributed by atoms with Crippen molar-refractivity contribution in [3.05, 3.63) is 35.6 Å². The fraction of sp³-hybridized carbons (Fsp3) is 0.600. The van der Waals surface area contributed by atoms with E-state index in [0.29, 0.717) is 6.04 Å². The van der Waals surface area contributed by atoms with E-state index in [0.717, 1.165) is 26.2 Å². The predicted molar refractivity (Wildman–Crippen MR) is 73.0 cm³/mol. The lowest BCUT2D eigenvalue weighted by atomic mass is 10.2. The van der Waals surface area contributed by atoms with Crippen LogP contribution in [0.1, 0.15) is 25.8 Å². The van der Waals surface area contributed by atoms with Crippen LogP contribution in [0.15, 0.2) is 24.3 Å². The molecule has 100 valence electrons.